The third-order valence-electron chi connectivity index (χ3n) is 4.30. The van der Waals surface area contributed by atoms with Gasteiger partial charge in [-0.25, -0.2) is 0 Å². The van der Waals surface area contributed by atoms with Crippen LogP contribution in [0.25, 0.3) is 11.0 Å². The SMILES string of the molecule is CC(C)(C)[Si](C)(C)OCCCc1cc2ncccc2[nH]1. The number of pyridine rings is 1. The van der Waals surface area contributed by atoms with Gasteiger partial charge in [-0.15, -0.1) is 0 Å². The molecule has 0 amide bonds. The summed E-state index contributed by atoms with van der Waals surface area (Å²) in [5, 5.41) is 0.290. The number of nitrogens with zero attached hydrogens (tertiary/aromatic N) is 1. The zero-order valence-electron chi connectivity index (χ0n) is 13.3. The van der Waals surface area contributed by atoms with E-state index in [9.17, 15) is 0 Å². The van der Waals surface area contributed by atoms with Gasteiger partial charge in [0, 0.05) is 18.5 Å². The molecule has 0 fully saturated rings. The predicted octanol–water partition coefficient (Wildman–Crippen LogP) is 4.52. The maximum Gasteiger partial charge on any atom is 0.191 e. The number of hydrogen-bond acceptors (Lipinski definition) is 2. The number of nitrogens with one attached hydrogen (secondary N) is 1. The summed E-state index contributed by atoms with van der Waals surface area (Å²) in [6.07, 6.45) is 3.91. The van der Waals surface area contributed by atoms with Crippen molar-refractivity contribution in [3.05, 3.63) is 30.1 Å². The Bertz CT molecular complexity index is 536. The molecule has 2 rings (SSSR count). The van der Waals surface area contributed by atoms with E-state index in [2.05, 4.69) is 56.0 Å². The molecule has 0 saturated heterocycles. The van der Waals surface area contributed by atoms with Crippen LogP contribution < -0.4 is 0 Å². The molecule has 20 heavy (non-hydrogen) atoms. The Balaban J connectivity index is 1.84. The zero-order chi connectivity index (χ0) is 14.8. The van der Waals surface area contributed by atoms with Gasteiger partial charge in [0.2, 0.25) is 0 Å². The van der Waals surface area contributed by atoms with Crippen LogP contribution >= 0.6 is 0 Å². The zero-order valence-corrected chi connectivity index (χ0v) is 14.3. The molecule has 0 spiro atoms. The summed E-state index contributed by atoms with van der Waals surface area (Å²) in [6, 6.07) is 6.17. The Morgan fingerprint density at radius 1 is 1.30 bits per heavy atom. The summed E-state index contributed by atoms with van der Waals surface area (Å²) >= 11 is 0. The Labute approximate surface area is 122 Å². The van der Waals surface area contributed by atoms with E-state index in [0.29, 0.717) is 0 Å². The lowest BCUT2D eigenvalue weighted by Crippen LogP contribution is -2.41. The van der Waals surface area contributed by atoms with Crippen LogP contribution in [0.2, 0.25) is 18.1 Å². The molecule has 0 bridgehead atoms. The molecule has 110 valence electrons. The van der Waals surface area contributed by atoms with E-state index in [1.54, 1.807) is 0 Å². The van der Waals surface area contributed by atoms with Crippen LogP contribution in [-0.4, -0.2) is 24.9 Å². The second kappa shape index (κ2) is 5.70. The van der Waals surface area contributed by atoms with E-state index >= 15 is 0 Å². The van der Waals surface area contributed by atoms with Crippen molar-refractivity contribution in [3.8, 4) is 0 Å². The molecule has 0 aliphatic rings. The Morgan fingerprint density at radius 2 is 2.05 bits per heavy atom. The number of rotatable bonds is 5. The van der Waals surface area contributed by atoms with E-state index in [-0.39, 0.29) is 5.04 Å². The van der Waals surface area contributed by atoms with Gasteiger partial charge in [0.25, 0.3) is 0 Å². The maximum atomic E-state index is 6.20. The molecule has 0 atom stereocenters. The summed E-state index contributed by atoms with van der Waals surface area (Å²) < 4.78 is 6.20. The van der Waals surface area contributed by atoms with Gasteiger partial charge in [0.1, 0.15) is 0 Å². The summed E-state index contributed by atoms with van der Waals surface area (Å²) in [7, 11) is -1.60. The number of fused-ring (bicyclic) bond motifs is 1. The first-order valence-corrected chi connectivity index (χ1v) is 10.3. The van der Waals surface area contributed by atoms with Crippen molar-refractivity contribution < 1.29 is 4.43 Å². The van der Waals surface area contributed by atoms with Crippen LogP contribution in [0.4, 0.5) is 0 Å². The lowest BCUT2D eigenvalue weighted by molar-refractivity contribution is 0.282. The van der Waals surface area contributed by atoms with Crippen molar-refractivity contribution >= 4 is 19.4 Å². The van der Waals surface area contributed by atoms with Gasteiger partial charge in [0.05, 0.1) is 11.0 Å². The van der Waals surface area contributed by atoms with Crippen molar-refractivity contribution in [2.45, 2.75) is 51.7 Å². The molecule has 3 nitrogen and oxygen atoms in total. The number of H-pyrrole nitrogens is 1. The minimum absolute atomic E-state index is 0.290. The van der Waals surface area contributed by atoms with Crippen LogP contribution in [0.5, 0.6) is 0 Å². The van der Waals surface area contributed by atoms with Crippen LogP contribution in [-0.2, 0) is 10.8 Å². The van der Waals surface area contributed by atoms with E-state index in [1.165, 1.54) is 5.69 Å². The third-order valence-corrected chi connectivity index (χ3v) is 8.84. The van der Waals surface area contributed by atoms with Gasteiger partial charge in [-0.05, 0) is 49.2 Å². The summed E-state index contributed by atoms with van der Waals surface area (Å²) in [6.45, 7) is 12.3. The second-order valence-corrected chi connectivity index (χ2v) is 11.8. The maximum absolute atomic E-state index is 6.20. The Kier molecular flexibility index (Phi) is 4.35. The first kappa shape index (κ1) is 15.3. The smallest absolute Gasteiger partial charge is 0.191 e. The van der Waals surface area contributed by atoms with Crippen LogP contribution in [0, 0.1) is 0 Å². The molecule has 0 aromatic carbocycles. The minimum Gasteiger partial charge on any atom is -0.417 e. The molecule has 2 aromatic heterocycles. The van der Waals surface area contributed by atoms with E-state index in [4.69, 9.17) is 4.43 Å². The first-order chi connectivity index (χ1) is 9.29. The molecule has 0 radical (unpaired) electrons. The molecular weight excluding hydrogens is 264 g/mol. The van der Waals surface area contributed by atoms with Crippen molar-refractivity contribution in [2.75, 3.05) is 6.61 Å². The standard InChI is InChI=1S/C16H26N2OSi/c1-16(2,3)20(4,5)19-11-7-8-13-12-15-14(18-13)9-6-10-17-15/h6,9-10,12,18H,7-8,11H2,1-5H3. The van der Waals surface area contributed by atoms with Crippen LogP contribution in [0.15, 0.2) is 24.4 Å². The predicted molar refractivity (Wildman–Crippen MR) is 87.6 cm³/mol. The molecule has 2 heterocycles. The van der Waals surface area contributed by atoms with Crippen molar-refractivity contribution in [3.63, 3.8) is 0 Å². The van der Waals surface area contributed by atoms with E-state index in [1.807, 2.05) is 12.3 Å². The average Bonchev–Trinajstić information content (AvgIpc) is 2.76. The van der Waals surface area contributed by atoms with Crippen molar-refractivity contribution in [1.29, 1.82) is 0 Å². The second-order valence-electron chi connectivity index (χ2n) is 6.94. The number of aromatic nitrogens is 2. The highest BCUT2D eigenvalue weighted by Gasteiger charge is 2.36. The topological polar surface area (TPSA) is 37.9 Å². The highest BCUT2D eigenvalue weighted by molar-refractivity contribution is 6.74. The quantitative estimate of drug-likeness (QED) is 0.649. The van der Waals surface area contributed by atoms with Gasteiger partial charge in [-0.3, -0.25) is 4.98 Å². The molecule has 0 aliphatic heterocycles. The largest absolute Gasteiger partial charge is 0.417 e. The lowest BCUT2D eigenvalue weighted by atomic mass is 10.2. The van der Waals surface area contributed by atoms with Crippen LogP contribution in [0.3, 0.4) is 0 Å². The van der Waals surface area contributed by atoms with Crippen molar-refractivity contribution in [1.82, 2.24) is 9.97 Å². The highest BCUT2D eigenvalue weighted by Crippen LogP contribution is 2.36. The number of hydrogen-bond donors (Lipinski definition) is 1. The molecule has 4 heteroatoms. The summed E-state index contributed by atoms with van der Waals surface area (Å²) in [5.41, 5.74) is 3.41. The molecular formula is C16H26N2OSi. The molecule has 1 N–H and O–H groups in total. The molecule has 0 aliphatic carbocycles. The monoisotopic (exact) mass is 290 g/mol. The first-order valence-electron chi connectivity index (χ1n) is 7.36. The van der Waals surface area contributed by atoms with Crippen LogP contribution in [0.1, 0.15) is 32.9 Å². The van der Waals surface area contributed by atoms with Gasteiger partial charge in [-0.1, -0.05) is 20.8 Å². The fraction of sp³-hybridized carbons (Fsp3) is 0.562. The Hall–Kier alpha value is -1.13. The number of aryl methyl sites for hydroxylation is 1. The molecule has 2 aromatic rings. The fourth-order valence-electron chi connectivity index (χ4n) is 1.95. The molecule has 0 unspecified atom stereocenters. The number of aromatic amines is 1. The van der Waals surface area contributed by atoms with Gasteiger partial charge >= 0.3 is 0 Å². The van der Waals surface area contributed by atoms with Gasteiger partial charge in [-0.2, -0.15) is 0 Å². The summed E-state index contributed by atoms with van der Waals surface area (Å²) in [5.74, 6) is 0. The van der Waals surface area contributed by atoms with Gasteiger partial charge in [0.15, 0.2) is 8.32 Å². The Morgan fingerprint density at radius 3 is 2.70 bits per heavy atom. The summed E-state index contributed by atoms with van der Waals surface area (Å²) in [4.78, 5) is 7.76. The fourth-order valence-corrected chi connectivity index (χ4v) is 3.04. The highest BCUT2D eigenvalue weighted by atomic mass is 28.4. The van der Waals surface area contributed by atoms with E-state index in [0.717, 1.165) is 30.5 Å². The average molecular weight is 290 g/mol. The van der Waals surface area contributed by atoms with Gasteiger partial charge < -0.3 is 9.41 Å². The lowest BCUT2D eigenvalue weighted by Gasteiger charge is -2.36. The third kappa shape index (κ3) is 3.49. The minimum atomic E-state index is -1.60. The normalized spacial score (nSPS) is 13.1. The van der Waals surface area contributed by atoms with E-state index < -0.39 is 8.32 Å². The van der Waals surface area contributed by atoms with Crippen molar-refractivity contribution in [2.24, 2.45) is 0 Å². The molecule has 0 saturated carbocycles.